The second kappa shape index (κ2) is 22.4. The van der Waals surface area contributed by atoms with Crippen molar-refractivity contribution >= 4 is 5.96 Å². The quantitative estimate of drug-likeness (QED) is 0.468. The lowest BCUT2D eigenvalue weighted by Crippen LogP contribution is -2.23. The predicted molar refractivity (Wildman–Crippen MR) is 117 cm³/mol. The van der Waals surface area contributed by atoms with E-state index in [2.05, 4.69) is 56.5 Å². The van der Waals surface area contributed by atoms with E-state index >= 15 is 0 Å². The molecule has 0 saturated heterocycles. The zero-order chi connectivity index (χ0) is 17.5. The number of H-pyrrole nitrogens is 1. The molecule has 7 N–H and O–H groups in total. The summed E-state index contributed by atoms with van der Waals surface area (Å²) in [6.07, 6.45) is 4.69. The van der Waals surface area contributed by atoms with Crippen LogP contribution in [0.4, 0.5) is 0 Å². The minimum atomic E-state index is 0. The van der Waals surface area contributed by atoms with Crippen molar-refractivity contribution in [2.75, 3.05) is 13.1 Å². The van der Waals surface area contributed by atoms with E-state index in [1.807, 2.05) is 6.20 Å². The number of nitrogens with one attached hydrogen (secondary N) is 1. The van der Waals surface area contributed by atoms with E-state index in [4.69, 9.17) is 17.2 Å². The van der Waals surface area contributed by atoms with Crippen LogP contribution in [-0.2, 0) is 6.42 Å². The number of aliphatic imine (C=N–C) groups is 1. The van der Waals surface area contributed by atoms with Gasteiger partial charge in [-0.2, -0.15) is 0 Å². The maximum atomic E-state index is 5.17. The van der Waals surface area contributed by atoms with Crippen molar-refractivity contribution in [1.82, 2.24) is 9.97 Å². The first kappa shape index (κ1) is 34.7. The largest absolute Gasteiger partial charge is 0.370 e. The molecule has 25 heavy (non-hydrogen) atoms. The van der Waals surface area contributed by atoms with Crippen LogP contribution < -0.4 is 17.2 Å². The van der Waals surface area contributed by atoms with Crippen molar-refractivity contribution in [2.24, 2.45) is 39.9 Å². The van der Waals surface area contributed by atoms with Crippen LogP contribution >= 0.6 is 0 Å². The Morgan fingerprint density at radius 1 is 1.00 bits per heavy atom. The molecule has 0 fully saturated rings. The highest BCUT2D eigenvalue weighted by atomic mass is 15.0. The number of guanidine groups is 1. The van der Waals surface area contributed by atoms with Crippen LogP contribution in [0.1, 0.15) is 69.5 Å². The molecule has 0 unspecified atom stereocenters. The van der Waals surface area contributed by atoms with Gasteiger partial charge in [0.2, 0.25) is 0 Å². The average molecular weight is 361 g/mol. The molecule has 0 amide bonds. The molecule has 0 aliphatic rings. The van der Waals surface area contributed by atoms with E-state index in [0.717, 1.165) is 19.5 Å². The Hall–Kier alpha value is -1.56. The molecule has 0 bridgehead atoms. The Morgan fingerprint density at radius 2 is 1.48 bits per heavy atom. The molecule has 154 valence electrons. The zero-order valence-corrected chi connectivity index (χ0v) is 15.1. The number of hydrogen-bond acceptors (Lipinski definition) is 3. The normalized spacial score (nSPS) is 8.72. The van der Waals surface area contributed by atoms with Crippen molar-refractivity contribution in [3.63, 3.8) is 0 Å². The predicted octanol–water partition coefficient (Wildman–Crippen LogP) is 4.03. The summed E-state index contributed by atoms with van der Waals surface area (Å²) < 4.78 is 0. The van der Waals surface area contributed by atoms with Gasteiger partial charge in [0, 0.05) is 18.4 Å². The van der Waals surface area contributed by atoms with Gasteiger partial charge in [-0.25, -0.2) is 4.98 Å². The van der Waals surface area contributed by atoms with Gasteiger partial charge in [-0.3, -0.25) is 4.99 Å². The fourth-order valence-corrected chi connectivity index (χ4v) is 1.12. The van der Waals surface area contributed by atoms with Gasteiger partial charge in [0.15, 0.2) is 5.96 Å². The molecule has 0 aliphatic carbocycles. The van der Waals surface area contributed by atoms with Crippen LogP contribution in [0.3, 0.4) is 0 Å². The van der Waals surface area contributed by atoms with Gasteiger partial charge >= 0.3 is 0 Å². The third kappa shape index (κ3) is 34.7. The van der Waals surface area contributed by atoms with Crippen molar-refractivity contribution in [3.8, 4) is 0 Å². The highest BCUT2D eigenvalue weighted by Gasteiger charge is 1.96. The summed E-state index contributed by atoms with van der Waals surface area (Å²) in [4.78, 5) is 10.8. The average Bonchev–Trinajstić information content (AvgIpc) is 2.89. The van der Waals surface area contributed by atoms with Crippen LogP contribution in [0, 0.1) is 17.8 Å². The second-order valence-corrected chi connectivity index (χ2v) is 6.46. The van der Waals surface area contributed by atoms with Crippen molar-refractivity contribution < 1.29 is 0 Å². The van der Waals surface area contributed by atoms with E-state index in [9.17, 15) is 0 Å². The van der Waals surface area contributed by atoms with Gasteiger partial charge < -0.3 is 22.2 Å². The van der Waals surface area contributed by atoms with Crippen molar-refractivity contribution in [3.05, 3.63) is 18.2 Å². The number of rotatable bonds is 5. The van der Waals surface area contributed by atoms with E-state index in [1.54, 1.807) is 6.33 Å². The third-order valence-corrected chi connectivity index (χ3v) is 2.29. The Bertz CT molecular complexity index is 352. The summed E-state index contributed by atoms with van der Waals surface area (Å²) in [6.45, 7) is 14.2. The molecule has 6 heteroatoms. The van der Waals surface area contributed by atoms with Crippen molar-refractivity contribution in [2.45, 2.75) is 70.2 Å². The molecule has 1 rings (SSSR count). The first-order valence-electron chi connectivity index (χ1n) is 7.91. The minimum Gasteiger partial charge on any atom is -0.370 e. The van der Waals surface area contributed by atoms with Gasteiger partial charge in [-0.05, 0) is 30.7 Å². The number of hydrogen-bond donors (Lipinski definition) is 4. The standard InChI is InChI=1S/C7H12N2.C5H13N3.C4H11N.3CH4/c1-6(2)3-7-4-8-5-9-7;1-4(2)3-8-5(6)7;1-4(2)3-5;;;/h4-6H,3H2,1-2H3,(H,8,9);4H,3H2,1-2H3,(H4,6,7,8);4H,3,5H2,1-2H3;3*1H4. The summed E-state index contributed by atoms with van der Waals surface area (Å²) in [7, 11) is 0. The number of imidazole rings is 1. The van der Waals surface area contributed by atoms with Gasteiger partial charge in [-0.1, -0.05) is 63.8 Å². The molecular weight excluding hydrogens is 312 g/mol. The topological polar surface area (TPSA) is 119 Å². The zero-order valence-electron chi connectivity index (χ0n) is 15.1. The molecule has 1 heterocycles. The van der Waals surface area contributed by atoms with Gasteiger partial charge in [0.05, 0.1) is 6.33 Å². The number of nitrogens with two attached hydrogens (primary N) is 3. The van der Waals surface area contributed by atoms with Gasteiger partial charge in [0.1, 0.15) is 0 Å². The maximum absolute atomic E-state index is 5.17. The molecule has 6 nitrogen and oxygen atoms in total. The number of aromatic nitrogens is 2. The fourth-order valence-electron chi connectivity index (χ4n) is 1.12. The van der Waals surface area contributed by atoms with E-state index in [1.165, 1.54) is 5.69 Å². The van der Waals surface area contributed by atoms with E-state index in [-0.39, 0.29) is 28.2 Å². The molecule has 0 atom stereocenters. The highest BCUT2D eigenvalue weighted by molar-refractivity contribution is 5.75. The lowest BCUT2D eigenvalue weighted by molar-refractivity contribution is 0.637. The minimum absolute atomic E-state index is 0. The van der Waals surface area contributed by atoms with Crippen LogP contribution in [-0.4, -0.2) is 29.0 Å². The van der Waals surface area contributed by atoms with Crippen LogP contribution in [0.5, 0.6) is 0 Å². The third-order valence-electron chi connectivity index (χ3n) is 2.29. The van der Waals surface area contributed by atoms with Crippen LogP contribution in [0.15, 0.2) is 17.5 Å². The van der Waals surface area contributed by atoms with Gasteiger partial charge in [0.25, 0.3) is 0 Å². The molecule has 1 aromatic rings. The number of nitrogens with zero attached hydrogens (tertiary/aromatic N) is 2. The summed E-state index contributed by atoms with van der Waals surface area (Å²) in [5.74, 6) is 2.09. The monoisotopic (exact) mass is 360 g/mol. The van der Waals surface area contributed by atoms with E-state index in [0.29, 0.717) is 17.8 Å². The lowest BCUT2D eigenvalue weighted by Gasteiger charge is -1.98. The smallest absolute Gasteiger partial charge is 0.185 e. The first-order valence-corrected chi connectivity index (χ1v) is 7.91. The van der Waals surface area contributed by atoms with Gasteiger partial charge in [-0.15, -0.1) is 0 Å². The Labute approximate surface area is 158 Å². The molecule has 0 aliphatic heterocycles. The fraction of sp³-hybridized carbons (Fsp3) is 0.789. The SMILES string of the molecule is C.C.C.CC(C)CN.CC(C)CN=C(N)N.CC(C)Cc1cnc[nH]1. The molecule has 1 aromatic heterocycles. The van der Waals surface area contributed by atoms with E-state index < -0.39 is 0 Å². The summed E-state index contributed by atoms with van der Waals surface area (Å²) >= 11 is 0. The first-order chi connectivity index (χ1) is 10.2. The Kier molecular flexibility index (Phi) is 31.2. The Balaban J connectivity index is -0.0000000783. The second-order valence-electron chi connectivity index (χ2n) is 6.46. The molecule has 0 spiro atoms. The molecule has 0 radical (unpaired) electrons. The molecular formula is C19H48N6. The lowest BCUT2D eigenvalue weighted by atomic mass is 10.1. The number of aromatic amines is 1. The highest BCUT2D eigenvalue weighted by Crippen LogP contribution is 2.01. The van der Waals surface area contributed by atoms with Crippen molar-refractivity contribution in [1.29, 1.82) is 0 Å². The molecule has 0 saturated carbocycles. The molecule has 0 aromatic carbocycles. The van der Waals surface area contributed by atoms with Crippen LogP contribution in [0.2, 0.25) is 0 Å². The maximum Gasteiger partial charge on any atom is 0.185 e. The summed E-state index contributed by atoms with van der Waals surface area (Å²) in [5, 5.41) is 0. The summed E-state index contributed by atoms with van der Waals surface area (Å²) in [5.41, 5.74) is 16.5. The Morgan fingerprint density at radius 3 is 1.68 bits per heavy atom. The summed E-state index contributed by atoms with van der Waals surface area (Å²) in [6, 6.07) is 0. The van der Waals surface area contributed by atoms with Crippen LogP contribution in [0.25, 0.3) is 0 Å².